The van der Waals surface area contributed by atoms with Crippen molar-refractivity contribution in [2.24, 2.45) is 0 Å². The van der Waals surface area contributed by atoms with Gasteiger partial charge in [-0.3, -0.25) is 10.2 Å². The minimum Gasteiger partial charge on any atom is -0.494 e. The van der Waals surface area contributed by atoms with E-state index in [-0.39, 0.29) is 42.6 Å². The smallest absolute Gasteiger partial charge is 0.197 e. The van der Waals surface area contributed by atoms with Gasteiger partial charge < -0.3 is 24.0 Å². The molecule has 1 aromatic heterocycles. The average molecular weight is 513 g/mol. The molecule has 8 nitrogen and oxygen atoms in total. The summed E-state index contributed by atoms with van der Waals surface area (Å²) in [6, 6.07) is 5.23. The molecule has 1 aliphatic rings. The molecule has 2 aromatic carbocycles. The van der Waals surface area contributed by atoms with E-state index in [2.05, 4.69) is 4.98 Å². The molecule has 0 saturated heterocycles. The Balaban J connectivity index is 1.67. The van der Waals surface area contributed by atoms with Crippen molar-refractivity contribution in [1.82, 2.24) is 9.88 Å². The van der Waals surface area contributed by atoms with Gasteiger partial charge in [0.2, 0.25) is 0 Å². The van der Waals surface area contributed by atoms with Crippen LogP contribution in [0.3, 0.4) is 0 Å². The number of ketones is 1. The molecule has 1 aliphatic heterocycles. The van der Waals surface area contributed by atoms with Crippen molar-refractivity contribution >= 4 is 28.6 Å². The summed E-state index contributed by atoms with van der Waals surface area (Å²) < 4.78 is 32.1. The van der Waals surface area contributed by atoms with Gasteiger partial charge >= 0.3 is 0 Å². The molecule has 0 fully saturated rings. The van der Waals surface area contributed by atoms with Crippen molar-refractivity contribution in [1.29, 1.82) is 5.41 Å². The molecule has 10 heteroatoms. The molecule has 0 unspecified atom stereocenters. The van der Waals surface area contributed by atoms with Crippen LogP contribution in [0.1, 0.15) is 35.3 Å². The van der Waals surface area contributed by atoms with Crippen molar-refractivity contribution in [3.8, 4) is 27.8 Å². The summed E-state index contributed by atoms with van der Waals surface area (Å²) in [6.07, 6.45) is 1.70. The van der Waals surface area contributed by atoms with Crippen LogP contribution >= 0.6 is 11.3 Å². The van der Waals surface area contributed by atoms with Crippen molar-refractivity contribution in [3.63, 3.8) is 0 Å². The Kier molecular flexibility index (Phi) is 7.44. The van der Waals surface area contributed by atoms with E-state index in [1.54, 1.807) is 43.3 Å². The molecule has 36 heavy (non-hydrogen) atoms. The van der Waals surface area contributed by atoms with Crippen LogP contribution in [0.5, 0.6) is 17.2 Å². The Morgan fingerprint density at radius 3 is 2.56 bits per heavy atom. The minimum absolute atomic E-state index is 0.00473. The van der Waals surface area contributed by atoms with Crippen molar-refractivity contribution in [2.45, 2.75) is 20.4 Å². The largest absolute Gasteiger partial charge is 0.494 e. The van der Waals surface area contributed by atoms with E-state index in [0.29, 0.717) is 29.2 Å². The number of amidine groups is 1. The van der Waals surface area contributed by atoms with Crippen molar-refractivity contribution in [3.05, 3.63) is 52.3 Å². The molecule has 0 radical (unpaired) electrons. The lowest BCUT2D eigenvalue weighted by Crippen LogP contribution is -2.30. The second kappa shape index (κ2) is 10.5. The van der Waals surface area contributed by atoms with Crippen LogP contribution in [0, 0.1) is 11.2 Å². The number of hydrogen-bond acceptors (Lipinski definition) is 8. The van der Waals surface area contributed by atoms with Crippen LogP contribution < -0.4 is 19.1 Å². The van der Waals surface area contributed by atoms with Crippen LogP contribution in [-0.2, 0) is 6.54 Å². The number of Topliss-reactive ketones (excluding diaryl/α,β-unsaturated/α-hetero) is 1. The van der Waals surface area contributed by atoms with Gasteiger partial charge in [0.05, 0.1) is 43.7 Å². The Bertz CT molecular complexity index is 1290. The number of fused-ring (bicyclic) bond motifs is 1. The van der Waals surface area contributed by atoms with Gasteiger partial charge in [-0.15, -0.1) is 11.3 Å². The van der Waals surface area contributed by atoms with Gasteiger partial charge in [0.25, 0.3) is 0 Å². The summed E-state index contributed by atoms with van der Waals surface area (Å²) in [5.41, 5.74) is 2.64. The predicted molar refractivity (Wildman–Crippen MR) is 139 cm³/mol. The van der Waals surface area contributed by atoms with E-state index in [0.717, 1.165) is 16.3 Å². The maximum absolute atomic E-state index is 15.4. The number of carbonyl (C=O) groups excluding carboxylic acids is 1. The first-order valence-corrected chi connectivity index (χ1v) is 12.5. The second-order valence-electron chi connectivity index (χ2n) is 8.35. The van der Waals surface area contributed by atoms with E-state index in [1.165, 1.54) is 11.3 Å². The summed E-state index contributed by atoms with van der Waals surface area (Å²) in [5, 5.41) is 11.2. The highest BCUT2D eigenvalue weighted by atomic mass is 32.1. The van der Waals surface area contributed by atoms with E-state index in [1.807, 2.05) is 31.3 Å². The third-order valence-corrected chi connectivity index (χ3v) is 6.65. The molecule has 0 aliphatic carbocycles. The van der Waals surface area contributed by atoms with Gasteiger partial charge in [-0.1, -0.05) is 0 Å². The zero-order valence-corrected chi connectivity index (χ0v) is 21.8. The highest BCUT2D eigenvalue weighted by molar-refractivity contribution is 7.13. The number of methoxy groups -OCH3 is 1. The Hall–Kier alpha value is -3.66. The predicted octanol–water partition coefficient (Wildman–Crippen LogP) is 4.85. The average Bonchev–Trinajstić information content (AvgIpc) is 3.49. The van der Waals surface area contributed by atoms with E-state index in [9.17, 15) is 4.79 Å². The molecule has 4 rings (SSSR count). The summed E-state index contributed by atoms with van der Waals surface area (Å²) >= 11 is 1.45. The Morgan fingerprint density at radius 1 is 1.19 bits per heavy atom. The third-order valence-electron chi connectivity index (χ3n) is 5.85. The van der Waals surface area contributed by atoms with Crippen LogP contribution in [0.4, 0.5) is 10.1 Å². The fourth-order valence-corrected chi connectivity index (χ4v) is 4.91. The molecule has 1 N–H and O–H groups in total. The monoisotopic (exact) mass is 512 g/mol. The molecule has 0 atom stereocenters. The first kappa shape index (κ1) is 25.4. The molecule has 0 saturated carbocycles. The standard InChI is InChI=1S/C26H29FN4O4S/c1-6-34-20-12-16-13-31(25(28)21(16)22(27)24(20)35-7-2)14-19(32)15-10-17(26-29-8-9-36-26)23(33-5)18(11-15)30(3)4/h8-12,28H,6-7,13-14H2,1-5H3. The van der Waals surface area contributed by atoms with Gasteiger partial charge in [-0.05, 0) is 37.6 Å². The molecule has 3 aromatic rings. The molecular weight excluding hydrogens is 483 g/mol. The zero-order chi connectivity index (χ0) is 26.0. The maximum atomic E-state index is 15.4. The first-order valence-electron chi connectivity index (χ1n) is 11.6. The lowest BCUT2D eigenvalue weighted by Gasteiger charge is -2.21. The Labute approximate surface area is 213 Å². The summed E-state index contributed by atoms with van der Waals surface area (Å²) in [7, 11) is 5.34. The number of aromatic nitrogens is 1. The second-order valence-corrected chi connectivity index (χ2v) is 9.25. The Morgan fingerprint density at radius 2 is 1.94 bits per heavy atom. The molecule has 0 amide bonds. The first-order chi connectivity index (χ1) is 17.3. The number of ether oxygens (including phenoxy) is 3. The highest BCUT2D eigenvalue weighted by Crippen LogP contribution is 2.41. The number of rotatable bonds is 10. The highest BCUT2D eigenvalue weighted by Gasteiger charge is 2.33. The summed E-state index contributed by atoms with van der Waals surface area (Å²) in [5.74, 6) is 0.0308. The number of carbonyl (C=O) groups is 1. The van der Waals surface area contributed by atoms with Crippen LogP contribution in [0.2, 0.25) is 0 Å². The SMILES string of the molecule is CCOc1cc2c(c(F)c1OCC)C(=N)N(CC(=O)c1cc(-c3nccs3)c(OC)c(N(C)C)c1)C2. The molecule has 2 heterocycles. The van der Waals surface area contributed by atoms with Crippen molar-refractivity contribution < 1.29 is 23.4 Å². The van der Waals surface area contributed by atoms with E-state index >= 15 is 4.39 Å². The van der Waals surface area contributed by atoms with Gasteiger partial charge in [-0.25, -0.2) is 9.37 Å². The minimum atomic E-state index is -0.636. The molecule has 0 spiro atoms. The molecule has 190 valence electrons. The van der Waals surface area contributed by atoms with Crippen LogP contribution in [0.25, 0.3) is 10.6 Å². The fraction of sp³-hybridized carbons (Fsp3) is 0.346. The zero-order valence-electron chi connectivity index (χ0n) is 21.0. The lowest BCUT2D eigenvalue weighted by atomic mass is 10.0. The van der Waals surface area contributed by atoms with Gasteiger partial charge in [0, 0.05) is 37.8 Å². The van der Waals surface area contributed by atoms with Gasteiger partial charge in [0.1, 0.15) is 10.8 Å². The number of thiazole rings is 1. The number of nitrogens with zero attached hydrogens (tertiary/aromatic N) is 3. The lowest BCUT2D eigenvalue weighted by molar-refractivity contribution is 0.0962. The van der Waals surface area contributed by atoms with E-state index in [4.69, 9.17) is 19.6 Å². The van der Waals surface area contributed by atoms with Crippen molar-refractivity contribution in [2.75, 3.05) is 45.9 Å². The van der Waals surface area contributed by atoms with Crippen LogP contribution in [-0.4, -0.2) is 62.5 Å². The topological polar surface area (TPSA) is 88.0 Å². The fourth-order valence-electron chi connectivity index (χ4n) is 4.26. The quantitative estimate of drug-likeness (QED) is 0.389. The number of benzene rings is 2. The molecule has 0 bridgehead atoms. The maximum Gasteiger partial charge on any atom is 0.197 e. The number of hydrogen-bond donors (Lipinski definition) is 1. The van der Waals surface area contributed by atoms with Gasteiger partial charge in [0.15, 0.2) is 28.8 Å². The normalized spacial score (nSPS) is 12.5. The van der Waals surface area contributed by atoms with Crippen LogP contribution in [0.15, 0.2) is 29.8 Å². The summed E-state index contributed by atoms with van der Waals surface area (Å²) in [6.45, 7) is 4.32. The molecular formula is C26H29FN4O4S. The van der Waals surface area contributed by atoms with Gasteiger partial charge in [-0.2, -0.15) is 0 Å². The number of halogens is 1. The number of anilines is 1. The van der Waals surface area contributed by atoms with E-state index < -0.39 is 5.82 Å². The number of nitrogens with one attached hydrogen (secondary N) is 1. The third kappa shape index (κ3) is 4.60. The summed E-state index contributed by atoms with van der Waals surface area (Å²) in [4.78, 5) is 21.3.